The number of nitrogens with one attached hydrogen (secondary N) is 1. The van der Waals surface area contributed by atoms with E-state index in [0.29, 0.717) is 35.8 Å². The van der Waals surface area contributed by atoms with Crippen LogP contribution in [0, 0.1) is 0 Å². The molecule has 6 nitrogen and oxygen atoms in total. The van der Waals surface area contributed by atoms with E-state index in [1.165, 1.54) is 11.8 Å². The first-order chi connectivity index (χ1) is 14.2. The summed E-state index contributed by atoms with van der Waals surface area (Å²) in [5.74, 6) is 0. The van der Waals surface area contributed by atoms with Crippen molar-refractivity contribution in [3.8, 4) is 0 Å². The molecule has 2 amide bonds. The number of amides is 2. The van der Waals surface area contributed by atoms with Crippen LogP contribution >= 0.6 is 11.6 Å². The summed E-state index contributed by atoms with van der Waals surface area (Å²) in [6.07, 6.45) is 3.09. The number of nitrogens with zero attached hydrogens (tertiary/aromatic N) is 2. The number of aromatic nitrogens is 1. The third-order valence-electron chi connectivity index (χ3n) is 5.22. The number of carbonyl (C=O) groups is 1. The van der Waals surface area contributed by atoms with E-state index >= 15 is 0 Å². The van der Waals surface area contributed by atoms with E-state index in [2.05, 4.69) is 31.1 Å². The van der Waals surface area contributed by atoms with Crippen molar-refractivity contribution >= 4 is 28.9 Å². The summed E-state index contributed by atoms with van der Waals surface area (Å²) in [7, 11) is 0. The molecule has 30 heavy (non-hydrogen) atoms. The van der Waals surface area contributed by atoms with Gasteiger partial charge in [0.05, 0.1) is 17.3 Å². The van der Waals surface area contributed by atoms with Crippen LogP contribution < -0.4 is 5.32 Å². The molecule has 0 radical (unpaired) electrons. The molecule has 7 heteroatoms. The summed E-state index contributed by atoms with van der Waals surface area (Å²) in [6.45, 7) is 7.09. The zero-order valence-corrected chi connectivity index (χ0v) is 18.3. The van der Waals surface area contributed by atoms with Gasteiger partial charge in [-0.2, -0.15) is 0 Å². The molecular weight excluding hydrogens is 402 g/mol. The molecule has 1 aliphatic rings. The van der Waals surface area contributed by atoms with Crippen LogP contribution in [0.2, 0.25) is 5.02 Å². The van der Waals surface area contributed by atoms with Crippen LogP contribution in [0.25, 0.3) is 5.57 Å². The number of aliphatic hydroxyl groups excluding tert-OH is 2. The minimum atomic E-state index is -0.999. The predicted molar refractivity (Wildman–Crippen MR) is 120 cm³/mol. The third kappa shape index (κ3) is 5.19. The molecule has 0 bridgehead atoms. The predicted octanol–water partition coefficient (Wildman–Crippen LogP) is 4.38. The fraction of sp³-hybridized carbons (Fsp3) is 0.391. The van der Waals surface area contributed by atoms with Crippen molar-refractivity contribution < 1.29 is 15.0 Å². The summed E-state index contributed by atoms with van der Waals surface area (Å²) in [6, 6.07) is 9.40. The lowest BCUT2D eigenvalue weighted by molar-refractivity contribution is 0.0953. The minimum Gasteiger partial charge on any atom is -0.393 e. The summed E-state index contributed by atoms with van der Waals surface area (Å²) < 4.78 is 0. The zero-order chi connectivity index (χ0) is 21.9. The highest BCUT2D eigenvalue weighted by Crippen LogP contribution is 2.29. The van der Waals surface area contributed by atoms with Crippen molar-refractivity contribution in [1.82, 2.24) is 9.88 Å². The van der Waals surface area contributed by atoms with E-state index in [1.54, 1.807) is 11.0 Å². The number of rotatable bonds is 4. The Hall–Kier alpha value is -2.41. The van der Waals surface area contributed by atoms with Crippen LogP contribution in [0.5, 0.6) is 0 Å². The molecule has 0 aliphatic carbocycles. The first kappa shape index (κ1) is 22.3. The number of carbonyl (C=O) groups excluding carboxylic acids is 1. The number of hydrogen-bond donors (Lipinski definition) is 3. The molecule has 0 spiro atoms. The van der Waals surface area contributed by atoms with Gasteiger partial charge >= 0.3 is 6.03 Å². The van der Waals surface area contributed by atoms with Crippen LogP contribution in [0.4, 0.5) is 10.5 Å². The third-order valence-corrected chi connectivity index (χ3v) is 5.51. The van der Waals surface area contributed by atoms with Gasteiger partial charge in [0.2, 0.25) is 0 Å². The first-order valence-corrected chi connectivity index (χ1v) is 10.4. The van der Waals surface area contributed by atoms with Crippen molar-refractivity contribution in [2.45, 2.75) is 38.7 Å². The second-order valence-electron chi connectivity index (χ2n) is 8.48. The molecule has 1 aromatic heterocycles. The van der Waals surface area contributed by atoms with Crippen LogP contribution in [-0.2, 0) is 5.41 Å². The van der Waals surface area contributed by atoms with Crippen molar-refractivity contribution in [2.24, 2.45) is 0 Å². The number of urea groups is 1. The van der Waals surface area contributed by atoms with Gasteiger partial charge < -0.3 is 20.4 Å². The normalized spacial score (nSPS) is 15.5. The summed E-state index contributed by atoms with van der Waals surface area (Å²) in [5.41, 5.74) is 4.13. The zero-order valence-electron chi connectivity index (χ0n) is 17.5. The number of pyridine rings is 1. The lowest BCUT2D eigenvalue weighted by atomic mass is 9.87. The van der Waals surface area contributed by atoms with Gasteiger partial charge in [0.15, 0.2) is 0 Å². The van der Waals surface area contributed by atoms with Gasteiger partial charge in [0.1, 0.15) is 6.10 Å². The van der Waals surface area contributed by atoms with Crippen LogP contribution in [-0.4, -0.2) is 45.8 Å². The quantitative estimate of drug-likeness (QED) is 0.673. The molecule has 0 unspecified atom stereocenters. The van der Waals surface area contributed by atoms with Crippen molar-refractivity contribution in [1.29, 1.82) is 0 Å². The fourth-order valence-corrected chi connectivity index (χ4v) is 3.60. The van der Waals surface area contributed by atoms with Gasteiger partial charge in [-0.15, -0.1) is 0 Å². The van der Waals surface area contributed by atoms with Crippen LogP contribution in [0.15, 0.2) is 42.6 Å². The number of halogens is 1. The Morgan fingerprint density at radius 2 is 2.00 bits per heavy atom. The molecular formula is C23H28ClN3O3. The molecule has 2 heterocycles. The van der Waals surface area contributed by atoms with Crippen molar-refractivity contribution in [2.75, 3.05) is 25.0 Å². The highest BCUT2D eigenvalue weighted by molar-refractivity contribution is 6.32. The Kier molecular flexibility index (Phi) is 6.81. The summed E-state index contributed by atoms with van der Waals surface area (Å²) in [5, 5.41) is 22.1. The second kappa shape index (κ2) is 9.16. The van der Waals surface area contributed by atoms with Gasteiger partial charge in [-0.1, -0.05) is 50.6 Å². The van der Waals surface area contributed by atoms with E-state index in [9.17, 15) is 9.90 Å². The fourth-order valence-electron chi connectivity index (χ4n) is 3.30. The van der Waals surface area contributed by atoms with Gasteiger partial charge in [-0.25, -0.2) is 4.79 Å². The molecule has 1 atom stereocenters. The molecule has 1 aliphatic heterocycles. The molecule has 0 saturated heterocycles. The Bertz CT molecular complexity index is 936. The molecule has 0 saturated carbocycles. The van der Waals surface area contributed by atoms with Gasteiger partial charge in [-0.3, -0.25) is 4.98 Å². The Morgan fingerprint density at radius 1 is 1.30 bits per heavy atom. The Labute approximate surface area is 182 Å². The molecule has 2 aromatic rings. The summed E-state index contributed by atoms with van der Waals surface area (Å²) in [4.78, 5) is 18.7. The maximum absolute atomic E-state index is 12.6. The Morgan fingerprint density at radius 3 is 2.53 bits per heavy atom. The average molecular weight is 430 g/mol. The van der Waals surface area contributed by atoms with Crippen LogP contribution in [0.1, 0.15) is 50.1 Å². The largest absolute Gasteiger partial charge is 0.393 e. The van der Waals surface area contributed by atoms with E-state index in [0.717, 1.165) is 11.3 Å². The van der Waals surface area contributed by atoms with Gasteiger partial charge in [-0.05, 0) is 41.2 Å². The maximum Gasteiger partial charge on any atom is 0.322 e. The number of benzene rings is 1. The first-order valence-electron chi connectivity index (χ1n) is 9.99. The SMILES string of the molecule is CC(C)(C)c1ccc(NC(=O)N2CC=C(c3ncc([C@H](O)CO)cc3Cl)CC2)cc1. The summed E-state index contributed by atoms with van der Waals surface area (Å²) >= 11 is 6.33. The number of hydrogen-bond acceptors (Lipinski definition) is 4. The molecule has 3 N–H and O–H groups in total. The van der Waals surface area contributed by atoms with E-state index in [4.69, 9.17) is 16.7 Å². The number of aliphatic hydroxyl groups is 2. The van der Waals surface area contributed by atoms with Gasteiger partial charge in [0.25, 0.3) is 0 Å². The van der Waals surface area contributed by atoms with E-state index < -0.39 is 6.10 Å². The smallest absolute Gasteiger partial charge is 0.322 e. The lowest BCUT2D eigenvalue weighted by Gasteiger charge is -2.27. The van der Waals surface area contributed by atoms with Crippen molar-refractivity contribution in [3.05, 3.63) is 64.4 Å². The van der Waals surface area contributed by atoms with Gasteiger partial charge in [0, 0.05) is 30.5 Å². The monoisotopic (exact) mass is 429 g/mol. The molecule has 160 valence electrons. The molecule has 0 fully saturated rings. The lowest BCUT2D eigenvalue weighted by Crippen LogP contribution is -2.38. The maximum atomic E-state index is 12.6. The minimum absolute atomic E-state index is 0.0697. The standard InChI is InChI=1S/C23H28ClN3O3/c1-23(2,3)17-4-6-18(7-5-17)26-22(30)27-10-8-15(9-11-27)21-19(24)12-16(13-25-21)20(29)14-28/h4-8,12-13,20,28-29H,9-11,14H2,1-3H3,(H,26,30)/t20-/m1/s1. The van der Waals surface area contributed by atoms with E-state index in [1.807, 2.05) is 30.3 Å². The molecule has 1 aromatic carbocycles. The van der Waals surface area contributed by atoms with Crippen molar-refractivity contribution in [3.63, 3.8) is 0 Å². The molecule has 3 rings (SSSR count). The average Bonchev–Trinajstić information content (AvgIpc) is 2.73. The topological polar surface area (TPSA) is 85.7 Å². The highest BCUT2D eigenvalue weighted by atomic mass is 35.5. The second-order valence-corrected chi connectivity index (χ2v) is 8.89. The van der Waals surface area contributed by atoms with E-state index in [-0.39, 0.29) is 18.1 Å². The Balaban J connectivity index is 1.63. The van der Waals surface area contributed by atoms with Crippen LogP contribution in [0.3, 0.4) is 0 Å². The highest BCUT2D eigenvalue weighted by Gasteiger charge is 2.21. The number of anilines is 1.